The number of halogens is 1. The molecular formula is C25H39ClN4O2. The van der Waals surface area contributed by atoms with Gasteiger partial charge in [-0.2, -0.15) is 4.98 Å². The van der Waals surface area contributed by atoms with Crippen molar-refractivity contribution in [2.24, 2.45) is 5.92 Å². The molecule has 2 aromatic rings. The van der Waals surface area contributed by atoms with Crippen LogP contribution < -0.4 is 10.6 Å². The van der Waals surface area contributed by atoms with Crippen molar-refractivity contribution >= 4 is 18.3 Å². The Morgan fingerprint density at radius 1 is 1.09 bits per heavy atom. The molecule has 1 aromatic heterocycles. The van der Waals surface area contributed by atoms with Gasteiger partial charge < -0.3 is 15.2 Å². The first-order chi connectivity index (χ1) is 15.3. The Balaban J connectivity index is 0.00000363. The van der Waals surface area contributed by atoms with Crippen molar-refractivity contribution in [2.75, 3.05) is 13.1 Å². The van der Waals surface area contributed by atoms with E-state index >= 15 is 0 Å². The first-order valence-electron chi connectivity index (χ1n) is 12.2. The minimum Gasteiger partial charge on any atom is -0.347 e. The number of carbonyl (C=O) groups excluding carboxylic acids is 1. The maximum Gasteiger partial charge on any atom is 0.246 e. The third-order valence-electron chi connectivity index (χ3n) is 6.08. The summed E-state index contributed by atoms with van der Waals surface area (Å²) in [4.78, 5) is 16.7. The van der Waals surface area contributed by atoms with E-state index in [1.807, 2.05) is 0 Å². The number of carbonyl (C=O) groups is 1. The van der Waals surface area contributed by atoms with Gasteiger partial charge in [0.05, 0.1) is 12.5 Å². The summed E-state index contributed by atoms with van der Waals surface area (Å²) in [6, 6.07) is 8.43. The van der Waals surface area contributed by atoms with Gasteiger partial charge in [0.1, 0.15) is 0 Å². The number of nitrogens with zero attached hydrogens (tertiary/aromatic N) is 2. The summed E-state index contributed by atoms with van der Waals surface area (Å²) in [6.45, 7) is 4.28. The molecule has 1 aliphatic rings. The molecule has 1 saturated heterocycles. The average molecular weight is 463 g/mol. The van der Waals surface area contributed by atoms with E-state index in [1.54, 1.807) is 0 Å². The van der Waals surface area contributed by atoms with E-state index in [2.05, 4.69) is 52.0 Å². The van der Waals surface area contributed by atoms with Crippen LogP contribution in [0.2, 0.25) is 0 Å². The highest BCUT2D eigenvalue weighted by Crippen LogP contribution is 2.18. The Bertz CT molecular complexity index is 773. The molecular weight excluding hydrogens is 424 g/mol. The molecule has 2 heterocycles. The molecule has 7 heteroatoms. The lowest BCUT2D eigenvalue weighted by Gasteiger charge is -2.21. The lowest BCUT2D eigenvalue weighted by atomic mass is 9.99. The van der Waals surface area contributed by atoms with E-state index in [0.717, 1.165) is 37.9 Å². The molecule has 0 bridgehead atoms. The number of nitrogens with one attached hydrogen (secondary N) is 2. The molecule has 1 fully saturated rings. The highest BCUT2D eigenvalue weighted by atomic mass is 35.5. The first kappa shape index (κ1) is 26.3. The first-order valence-corrected chi connectivity index (χ1v) is 12.2. The predicted molar refractivity (Wildman–Crippen MR) is 131 cm³/mol. The zero-order valence-electron chi connectivity index (χ0n) is 19.4. The normalized spacial score (nSPS) is 15.8. The number of piperidine rings is 1. The summed E-state index contributed by atoms with van der Waals surface area (Å²) >= 11 is 0. The average Bonchev–Trinajstić information content (AvgIpc) is 3.29. The number of amides is 1. The van der Waals surface area contributed by atoms with E-state index in [1.165, 1.54) is 56.9 Å². The van der Waals surface area contributed by atoms with E-state index in [-0.39, 0.29) is 30.8 Å². The van der Waals surface area contributed by atoms with Crippen molar-refractivity contribution < 1.29 is 9.32 Å². The lowest BCUT2D eigenvalue weighted by Crippen LogP contribution is -2.40. The largest absolute Gasteiger partial charge is 0.347 e. The van der Waals surface area contributed by atoms with Crippen molar-refractivity contribution in [2.45, 2.75) is 84.1 Å². The topological polar surface area (TPSA) is 80.0 Å². The van der Waals surface area contributed by atoms with Crippen molar-refractivity contribution in [1.29, 1.82) is 0 Å². The molecule has 178 valence electrons. The molecule has 0 radical (unpaired) electrons. The van der Waals surface area contributed by atoms with Gasteiger partial charge >= 0.3 is 0 Å². The maximum absolute atomic E-state index is 12.2. The van der Waals surface area contributed by atoms with Gasteiger partial charge in [-0.15, -0.1) is 12.4 Å². The lowest BCUT2D eigenvalue weighted by molar-refractivity contribution is -0.125. The van der Waals surface area contributed by atoms with Gasteiger partial charge in [0.2, 0.25) is 17.6 Å². The monoisotopic (exact) mass is 462 g/mol. The molecule has 0 spiro atoms. The SMILES string of the molecule is CCCCCCCCCCc1ccc(-c2noc(CNC(=O)[C@@H]3CCCNC3)n2)cc1.Cl. The second kappa shape index (κ2) is 15.0. The number of hydrogen-bond donors (Lipinski definition) is 2. The molecule has 0 unspecified atom stereocenters. The zero-order valence-corrected chi connectivity index (χ0v) is 20.2. The van der Waals surface area contributed by atoms with E-state index in [4.69, 9.17) is 4.52 Å². The van der Waals surface area contributed by atoms with Crippen LogP contribution in [-0.4, -0.2) is 29.1 Å². The Labute approximate surface area is 198 Å². The van der Waals surface area contributed by atoms with Crippen LogP contribution in [0.1, 0.15) is 82.6 Å². The highest BCUT2D eigenvalue weighted by molar-refractivity contribution is 5.85. The predicted octanol–water partition coefficient (Wildman–Crippen LogP) is 5.46. The van der Waals surface area contributed by atoms with Crippen LogP contribution in [0.25, 0.3) is 11.4 Å². The number of rotatable bonds is 13. The van der Waals surface area contributed by atoms with Crippen LogP contribution >= 0.6 is 12.4 Å². The Morgan fingerprint density at radius 3 is 2.50 bits per heavy atom. The summed E-state index contributed by atoms with van der Waals surface area (Å²) in [5.41, 5.74) is 2.30. The number of aryl methyl sites for hydroxylation is 1. The Morgan fingerprint density at radius 2 is 1.81 bits per heavy atom. The fraction of sp³-hybridized carbons (Fsp3) is 0.640. The number of unbranched alkanes of at least 4 members (excludes halogenated alkanes) is 7. The van der Waals surface area contributed by atoms with Crippen LogP contribution in [0.3, 0.4) is 0 Å². The highest BCUT2D eigenvalue weighted by Gasteiger charge is 2.21. The molecule has 6 nitrogen and oxygen atoms in total. The fourth-order valence-corrected chi connectivity index (χ4v) is 4.11. The van der Waals surface area contributed by atoms with E-state index in [9.17, 15) is 4.79 Å². The second-order valence-corrected chi connectivity index (χ2v) is 8.69. The van der Waals surface area contributed by atoms with Crippen molar-refractivity contribution in [3.63, 3.8) is 0 Å². The molecule has 2 N–H and O–H groups in total. The molecule has 1 aromatic carbocycles. The number of aromatic nitrogens is 2. The summed E-state index contributed by atoms with van der Waals surface area (Å²) in [5.74, 6) is 1.10. The quantitative estimate of drug-likeness (QED) is 0.386. The molecule has 0 aliphatic carbocycles. The second-order valence-electron chi connectivity index (χ2n) is 8.69. The minimum absolute atomic E-state index is 0. The molecule has 1 atom stereocenters. The molecule has 1 amide bonds. The number of benzene rings is 1. The van der Waals surface area contributed by atoms with Crippen LogP contribution in [0.15, 0.2) is 28.8 Å². The zero-order chi connectivity index (χ0) is 21.7. The summed E-state index contributed by atoms with van der Waals surface area (Å²) in [5, 5.41) is 10.2. The Hall–Kier alpha value is -1.92. The van der Waals surface area contributed by atoms with Gasteiger partial charge in [-0.3, -0.25) is 4.79 Å². The smallest absolute Gasteiger partial charge is 0.246 e. The van der Waals surface area contributed by atoms with Crippen LogP contribution in [0.4, 0.5) is 0 Å². The van der Waals surface area contributed by atoms with Crippen LogP contribution in [0.5, 0.6) is 0 Å². The molecule has 0 saturated carbocycles. The van der Waals surface area contributed by atoms with Gasteiger partial charge in [0.15, 0.2) is 0 Å². The van der Waals surface area contributed by atoms with Gasteiger partial charge in [0, 0.05) is 12.1 Å². The van der Waals surface area contributed by atoms with E-state index < -0.39 is 0 Å². The third-order valence-corrected chi connectivity index (χ3v) is 6.08. The minimum atomic E-state index is 0. The maximum atomic E-state index is 12.2. The van der Waals surface area contributed by atoms with Crippen LogP contribution in [-0.2, 0) is 17.8 Å². The Kier molecular flexibility index (Phi) is 12.4. The van der Waals surface area contributed by atoms with Gasteiger partial charge in [0.25, 0.3) is 0 Å². The fourth-order valence-electron chi connectivity index (χ4n) is 4.11. The standard InChI is InChI=1S/C25H38N4O2.ClH/c1-2-3-4-5-6-7-8-9-11-20-13-15-21(16-14-20)24-28-23(31-29-24)19-27-25(30)22-12-10-17-26-18-22;/h13-16,22,26H,2-12,17-19H2,1H3,(H,27,30);1H/t22-;/m1./s1. The van der Waals surface area contributed by atoms with Crippen molar-refractivity contribution in [1.82, 2.24) is 20.8 Å². The molecule has 32 heavy (non-hydrogen) atoms. The summed E-state index contributed by atoms with van der Waals surface area (Å²) in [6.07, 6.45) is 13.8. The number of hydrogen-bond acceptors (Lipinski definition) is 5. The van der Waals surface area contributed by atoms with Crippen molar-refractivity contribution in [3.05, 3.63) is 35.7 Å². The summed E-state index contributed by atoms with van der Waals surface area (Å²) in [7, 11) is 0. The summed E-state index contributed by atoms with van der Waals surface area (Å²) < 4.78 is 5.32. The molecule has 3 rings (SSSR count). The van der Waals surface area contributed by atoms with Gasteiger partial charge in [-0.05, 0) is 37.8 Å². The third kappa shape index (κ3) is 8.91. The van der Waals surface area contributed by atoms with E-state index in [0.29, 0.717) is 11.7 Å². The van der Waals surface area contributed by atoms with Crippen LogP contribution in [0, 0.1) is 5.92 Å². The van der Waals surface area contributed by atoms with Gasteiger partial charge in [-0.25, -0.2) is 0 Å². The molecule has 1 aliphatic heterocycles. The van der Waals surface area contributed by atoms with Crippen molar-refractivity contribution in [3.8, 4) is 11.4 Å². The van der Waals surface area contributed by atoms with Gasteiger partial charge in [-0.1, -0.05) is 81.3 Å².